The molecule has 0 atom stereocenters. The molecule has 0 radical (unpaired) electrons. The topological polar surface area (TPSA) is 52.6 Å². The Balaban J connectivity index is 0. The Morgan fingerprint density at radius 3 is 0.923 bits per heavy atom. The van der Waals surface area contributed by atoms with Crippen LogP contribution >= 0.6 is 57.1 Å². The first-order valence-corrected chi connectivity index (χ1v) is 19.0. The lowest BCUT2D eigenvalue weighted by Crippen LogP contribution is -1.85. The Morgan fingerprint density at radius 2 is 0.769 bits per heavy atom. The summed E-state index contributed by atoms with van der Waals surface area (Å²) in [7, 11) is 0. The van der Waals surface area contributed by atoms with E-state index >= 15 is 0 Å². The van der Waals surface area contributed by atoms with Crippen molar-refractivity contribution in [2.24, 2.45) is 0 Å². The molecule has 0 unspecified atom stereocenters. The predicted octanol–water partition coefficient (Wildman–Crippen LogP) is 8.83. The highest BCUT2D eigenvalue weighted by atomic mass is 33.1. The zero-order valence-electron chi connectivity index (χ0n) is 17.2. The van der Waals surface area contributed by atoms with Gasteiger partial charge in [-0.05, 0) is 39.5 Å². The molecule has 4 nitrogen and oxygen atoms in total. The van der Waals surface area contributed by atoms with Crippen LogP contribution in [0.15, 0.2) is 0 Å². The van der Waals surface area contributed by atoms with Crippen LogP contribution in [0.25, 0.3) is 0 Å². The van der Waals surface area contributed by atoms with Crippen molar-refractivity contribution in [3.8, 4) is 0 Å². The van der Waals surface area contributed by atoms with Gasteiger partial charge in [0.2, 0.25) is 0 Å². The molecule has 0 saturated carbocycles. The summed E-state index contributed by atoms with van der Waals surface area (Å²) in [4.78, 5) is 0. The van der Waals surface area contributed by atoms with Crippen LogP contribution in [0.2, 0.25) is 0 Å². The highest BCUT2D eigenvalue weighted by Crippen LogP contribution is 2.70. The van der Waals surface area contributed by atoms with Gasteiger partial charge < -0.3 is 9.05 Å². The van der Waals surface area contributed by atoms with Gasteiger partial charge in [0.15, 0.2) is 0 Å². The molecule has 0 N–H and O–H groups in total. The maximum atomic E-state index is 12.0. The molecule has 0 aliphatic rings. The molecule has 0 bridgehead atoms. The molecule has 0 amide bonds. The van der Waals surface area contributed by atoms with Gasteiger partial charge in [-0.25, -0.2) is 0 Å². The van der Waals surface area contributed by atoms with E-state index in [1.54, 1.807) is 0 Å². The fourth-order valence-corrected chi connectivity index (χ4v) is 15.6. The Bertz CT molecular complexity index is 340. The first kappa shape index (κ1) is 30.0. The second kappa shape index (κ2) is 20.1. The van der Waals surface area contributed by atoms with Gasteiger partial charge in [-0.1, -0.05) is 73.2 Å². The maximum absolute atomic E-state index is 12.0. The van der Waals surface area contributed by atoms with Crippen molar-refractivity contribution in [1.82, 2.24) is 0 Å². The van der Waals surface area contributed by atoms with Gasteiger partial charge in [0.05, 0.1) is 13.2 Å². The molecule has 160 valence electrons. The van der Waals surface area contributed by atoms with Gasteiger partial charge >= 0.3 is 11.5 Å². The molecule has 10 heteroatoms. The summed E-state index contributed by atoms with van der Waals surface area (Å²) in [5.74, 6) is -1.14. The van der Waals surface area contributed by atoms with E-state index in [-0.39, 0.29) is 0 Å². The van der Waals surface area contributed by atoms with Gasteiger partial charge in [-0.2, -0.15) is 0 Å². The van der Waals surface area contributed by atoms with Crippen molar-refractivity contribution in [3.63, 3.8) is 0 Å². The zero-order valence-corrected chi connectivity index (χ0v) is 22.3. The van der Waals surface area contributed by atoms with Crippen molar-refractivity contribution in [2.45, 2.75) is 67.2 Å². The van der Waals surface area contributed by atoms with E-state index in [1.165, 1.54) is 45.5 Å². The van der Waals surface area contributed by atoms with Crippen molar-refractivity contribution in [3.05, 3.63) is 0 Å². The number of hydrogen-bond acceptors (Lipinski definition) is 8. The van der Waals surface area contributed by atoms with Gasteiger partial charge in [-0.3, -0.25) is 9.13 Å². The molecule has 0 fully saturated rings. The van der Waals surface area contributed by atoms with E-state index in [9.17, 15) is 9.13 Å². The molecule has 0 spiro atoms. The third-order valence-corrected chi connectivity index (χ3v) is 18.2. The van der Waals surface area contributed by atoms with E-state index < -0.39 is 11.5 Å². The second-order valence-electron chi connectivity index (χ2n) is 5.06. The summed E-state index contributed by atoms with van der Waals surface area (Å²) in [6.07, 6.45) is 4.20. The summed E-state index contributed by atoms with van der Waals surface area (Å²) in [5, 5.41) is 0. The van der Waals surface area contributed by atoms with Crippen LogP contribution in [-0.2, 0) is 18.2 Å². The Labute approximate surface area is 178 Å². The summed E-state index contributed by atoms with van der Waals surface area (Å²) in [5.41, 5.74) is 0. The van der Waals surface area contributed by atoms with Crippen LogP contribution in [0.1, 0.15) is 67.2 Å². The van der Waals surface area contributed by atoms with Gasteiger partial charge in [0.1, 0.15) is 0 Å². The fourth-order valence-electron chi connectivity index (χ4n) is 1.35. The minimum absolute atomic E-state index is 0.546. The minimum Gasteiger partial charge on any atom is -0.314 e. The molecule has 0 aliphatic heterocycles. The van der Waals surface area contributed by atoms with Crippen LogP contribution < -0.4 is 0 Å². The number of hydrogen-bond donors (Lipinski definition) is 0. The summed E-state index contributed by atoms with van der Waals surface area (Å²) in [6.45, 7) is 13.2. The quantitative estimate of drug-likeness (QED) is 0.201. The molecule has 0 saturated heterocycles. The van der Waals surface area contributed by atoms with Crippen LogP contribution in [0.3, 0.4) is 0 Å². The van der Waals surface area contributed by atoms with E-state index in [4.69, 9.17) is 9.05 Å². The Kier molecular flexibility index (Phi) is 23.1. The zero-order chi connectivity index (χ0) is 20.3. The SMILES string of the molecule is CCCSP(=O)(OCC)SCCC.CCCSP(=O)(OCC)SCCC. The lowest BCUT2D eigenvalue weighted by molar-refractivity contribution is 0.357. The lowest BCUT2D eigenvalue weighted by atomic mass is 10.6. The van der Waals surface area contributed by atoms with E-state index in [2.05, 4.69) is 27.7 Å². The molecule has 0 rings (SSSR count). The first-order chi connectivity index (χ1) is 12.4. The van der Waals surface area contributed by atoms with Gasteiger partial charge in [-0.15, -0.1) is 0 Å². The molecular weight excluding hydrogens is 446 g/mol. The lowest BCUT2D eigenvalue weighted by Gasteiger charge is -2.15. The third kappa shape index (κ3) is 17.8. The summed E-state index contributed by atoms with van der Waals surface area (Å²) >= 11 is 5.94. The molecule has 26 heavy (non-hydrogen) atoms. The van der Waals surface area contributed by atoms with Crippen molar-refractivity contribution in [1.29, 1.82) is 0 Å². The molecular formula is C16H38O4P2S4. The normalized spacial score (nSPS) is 11.9. The molecule has 0 aliphatic carbocycles. The smallest absolute Gasteiger partial charge is 0.313 e. The van der Waals surface area contributed by atoms with Crippen LogP contribution in [0.4, 0.5) is 0 Å². The fraction of sp³-hybridized carbons (Fsp3) is 1.00. The predicted molar refractivity (Wildman–Crippen MR) is 129 cm³/mol. The molecule has 0 aromatic carbocycles. The average Bonchev–Trinajstić information content (AvgIpc) is 2.63. The molecule has 0 aromatic rings. The van der Waals surface area contributed by atoms with Gasteiger partial charge in [0, 0.05) is 23.0 Å². The first-order valence-electron chi connectivity index (χ1n) is 9.44. The second-order valence-corrected chi connectivity index (χ2v) is 20.3. The molecule has 0 aromatic heterocycles. The number of rotatable bonds is 16. The van der Waals surface area contributed by atoms with E-state index in [0.29, 0.717) is 13.2 Å². The third-order valence-electron chi connectivity index (χ3n) is 2.39. The Morgan fingerprint density at radius 1 is 0.538 bits per heavy atom. The van der Waals surface area contributed by atoms with Crippen molar-refractivity contribution >= 4 is 57.1 Å². The summed E-state index contributed by atoms with van der Waals surface area (Å²) < 4.78 is 34.7. The van der Waals surface area contributed by atoms with Gasteiger partial charge in [0.25, 0.3) is 0 Å². The van der Waals surface area contributed by atoms with Crippen molar-refractivity contribution in [2.75, 3.05) is 36.2 Å². The standard InChI is InChI=1S/2C8H19O2PS2/c2*1-4-7-12-11(9,10-6-3)13-8-5-2/h2*4-8H2,1-3H3. The monoisotopic (exact) mass is 484 g/mol. The van der Waals surface area contributed by atoms with Crippen LogP contribution in [0.5, 0.6) is 0 Å². The van der Waals surface area contributed by atoms with Crippen molar-refractivity contribution < 1.29 is 18.2 Å². The van der Waals surface area contributed by atoms with Crippen LogP contribution in [-0.4, -0.2) is 36.2 Å². The average molecular weight is 485 g/mol. The minimum atomic E-state index is -2.42. The van der Waals surface area contributed by atoms with E-state index in [1.807, 2.05) is 13.8 Å². The highest BCUT2D eigenvalue weighted by Gasteiger charge is 2.23. The maximum Gasteiger partial charge on any atom is 0.313 e. The largest absolute Gasteiger partial charge is 0.314 e. The highest BCUT2D eigenvalue weighted by molar-refractivity contribution is 8.89. The summed E-state index contributed by atoms with van der Waals surface area (Å²) in [6, 6.07) is 0. The molecule has 0 heterocycles. The Hall–Kier alpha value is 1.78. The van der Waals surface area contributed by atoms with E-state index in [0.717, 1.165) is 48.7 Å². The van der Waals surface area contributed by atoms with Crippen LogP contribution in [0, 0.1) is 0 Å².